The van der Waals surface area contributed by atoms with E-state index >= 15 is 0 Å². The molecule has 0 unspecified atom stereocenters. The van der Waals surface area contributed by atoms with Crippen molar-refractivity contribution in [1.29, 1.82) is 5.26 Å². The maximum absolute atomic E-state index is 12.2. The predicted molar refractivity (Wildman–Crippen MR) is 77.8 cm³/mol. The van der Waals surface area contributed by atoms with Gasteiger partial charge >= 0.3 is 0 Å². The molecule has 0 spiro atoms. The number of sulfone groups is 1. The van der Waals surface area contributed by atoms with Crippen molar-refractivity contribution in [3.8, 4) is 6.07 Å². The van der Waals surface area contributed by atoms with E-state index in [1.54, 1.807) is 12.1 Å². The lowest BCUT2D eigenvalue weighted by Crippen LogP contribution is -2.40. The van der Waals surface area contributed by atoms with Crippen molar-refractivity contribution in [3.63, 3.8) is 0 Å². The van der Waals surface area contributed by atoms with E-state index in [2.05, 4.69) is 4.72 Å². The fraction of sp³-hybridized carbons (Fsp3) is 0.462. The van der Waals surface area contributed by atoms with Gasteiger partial charge < -0.3 is 0 Å². The number of hydrogen-bond acceptors (Lipinski definition) is 5. The summed E-state index contributed by atoms with van der Waals surface area (Å²) in [5.74, 6) is 0.0303. The van der Waals surface area contributed by atoms with Gasteiger partial charge in [0.25, 0.3) is 0 Å². The monoisotopic (exact) mass is 328 g/mol. The lowest BCUT2D eigenvalue weighted by molar-refractivity contribution is 0.505. The topological polar surface area (TPSA) is 104 Å². The van der Waals surface area contributed by atoms with Gasteiger partial charge in [0.2, 0.25) is 10.0 Å². The summed E-state index contributed by atoms with van der Waals surface area (Å²) in [6.07, 6.45) is 0.830. The molecule has 0 saturated carbocycles. The Morgan fingerprint density at radius 1 is 1.19 bits per heavy atom. The fourth-order valence-electron chi connectivity index (χ4n) is 2.17. The van der Waals surface area contributed by atoms with Crippen LogP contribution in [0.4, 0.5) is 0 Å². The fourth-order valence-corrected chi connectivity index (χ4v) is 4.97. The van der Waals surface area contributed by atoms with Gasteiger partial charge in [-0.1, -0.05) is 12.1 Å². The Bertz CT molecular complexity index is 732. The van der Waals surface area contributed by atoms with Crippen LogP contribution in [-0.4, -0.2) is 34.4 Å². The smallest absolute Gasteiger partial charge is 0.229 e. The van der Waals surface area contributed by atoms with E-state index < -0.39 is 19.9 Å². The zero-order chi connectivity index (χ0) is 15.5. The standard InChI is InChI=1S/C13H16N2O4S2/c14-8-5-11-1-3-13(4-2-11)21(18,19)15-12-6-9-20(16,17)10-7-12/h1-4,12,15H,5-7,9-10H2. The molecular formula is C13H16N2O4S2. The molecule has 1 heterocycles. The summed E-state index contributed by atoms with van der Waals surface area (Å²) < 4.78 is 49.6. The Hall–Kier alpha value is -1.43. The van der Waals surface area contributed by atoms with Gasteiger partial charge in [-0.15, -0.1) is 0 Å². The van der Waals surface area contributed by atoms with Crippen molar-refractivity contribution in [2.24, 2.45) is 0 Å². The van der Waals surface area contributed by atoms with Gasteiger partial charge in [0, 0.05) is 6.04 Å². The van der Waals surface area contributed by atoms with E-state index in [0.717, 1.165) is 5.56 Å². The van der Waals surface area contributed by atoms with Gasteiger partial charge in [-0.2, -0.15) is 5.26 Å². The van der Waals surface area contributed by atoms with Crippen LogP contribution in [0.2, 0.25) is 0 Å². The first kappa shape index (κ1) is 15.9. The van der Waals surface area contributed by atoms with Crippen LogP contribution >= 0.6 is 0 Å². The van der Waals surface area contributed by atoms with Gasteiger partial charge in [0.15, 0.2) is 0 Å². The third kappa shape index (κ3) is 4.27. The molecule has 0 radical (unpaired) electrons. The van der Waals surface area contributed by atoms with E-state index in [9.17, 15) is 16.8 Å². The third-order valence-corrected chi connectivity index (χ3v) is 6.65. The van der Waals surface area contributed by atoms with Gasteiger partial charge in [-0.05, 0) is 30.5 Å². The largest absolute Gasteiger partial charge is 0.240 e. The SMILES string of the molecule is N#CCc1ccc(S(=O)(=O)NC2CCS(=O)(=O)CC2)cc1. The molecule has 6 nitrogen and oxygen atoms in total. The quantitative estimate of drug-likeness (QED) is 0.872. The van der Waals surface area contributed by atoms with Crippen LogP contribution in [0.3, 0.4) is 0 Å². The van der Waals surface area contributed by atoms with Gasteiger partial charge in [-0.25, -0.2) is 21.6 Å². The van der Waals surface area contributed by atoms with Crippen molar-refractivity contribution < 1.29 is 16.8 Å². The molecule has 0 aromatic heterocycles. The second-order valence-electron chi connectivity index (χ2n) is 5.03. The zero-order valence-electron chi connectivity index (χ0n) is 11.3. The maximum Gasteiger partial charge on any atom is 0.240 e. The summed E-state index contributed by atoms with van der Waals surface area (Å²) in [4.78, 5) is 0.123. The second kappa shape index (κ2) is 6.13. The summed E-state index contributed by atoms with van der Waals surface area (Å²) in [5, 5.41) is 8.58. The predicted octanol–water partition coefficient (Wildman–Crippen LogP) is 0.608. The van der Waals surface area contributed by atoms with E-state index in [4.69, 9.17) is 5.26 Å². The molecule has 1 aromatic rings. The van der Waals surface area contributed by atoms with E-state index in [1.807, 2.05) is 6.07 Å². The number of benzene rings is 1. The summed E-state index contributed by atoms with van der Waals surface area (Å²) in [6, 6.07) is 7.75. The van der Waals surface area contributed by atoms with Crippen LogP contribution in [0.5, 0.6) is 0 Å². The first-order valence-corrected chi connectivity index (χ1v) is 9.81. The van der Waals surface area contributed by atoms with Gasteiger partial charge in [0.1, 0.15) is 9.84 Å². The van der Waals surface area contributed by atoms with Crippen molar-refractivity contribution >= 4 is 19.9 Å². The van der Waals surface area contributed by atoms with E-state index in [1.165, 1.54) is 12.1 Å². The Kier molecular flexibility index (Phi) is 4.66. The Labute approximate surface area is 124 Å². The highest BCUT2D eigenvalue weighted by molar-refractivity contribution is 7.91. The van der Waals surface area contributed by atoms with Crippen molar-refractivity contribution in [2.75, 3.05) is 11.5 Å². The summed E-state index contributed by atoms with van der Waals surface area (Å²) in [7, 11) is -6.67. The van der Waals surface area contributed by atoms with Crippen LogP contribution in [0.25, 0.3) is 0 Å². The highest BCUT2D eigenvalue weighted by Gasteiger charge is 2.27. The Morgan fingerprint density at radius 2 is 1.76 bits per heavy atom. The molecular weight excluding hydrogens is 312 g/mol. The molecule has 1 saturated heterocycles. The zero-order valence-corrected chi connectivity index (χ0v) is 13.0. The highest BCUT2D eigenvalue weighted by atomic mass is 32.2. The van der Waals surface area contributed by atoms with Crippen LogP contribution in [-0.2, 0) is 26.3 Å². The van der Waals surface area contributed by atoms with Gasteiger partial charge in [-0.3, -0.25) is 0 Å². The van der Waals surface area contributed by atoms with Gasteiger partial charge in [0.05, 0.1) is 28.9 Å². The molecule has 0 aliphatic carbocycles. The van der Waals surface area contributed by atoms with Crippen molar-refractivity contribution in [3.05, 3.63) is 29.8 Å². The number of nitrogens with zero attached hydrogens (tertiary/aromatic N) is 1. The molecule has 2 rings (SSSR count). The van der Waals surface area contributed by atoms with Crippen LogP contribution in [0.15, 0.2) is 29.2 Å². The minimum absolute atomic E-state index is 0.0152. The van der Waals surface area contributed by atoms with E-state index in [0.29, 0.717) is 12.8 Å². The first-order chi connectivity index (χ1) is 9.82. The molecule has 1 fully saturated rings. The maximum atomic E-state index is 12.2. The number of sulfonamides is 1. The van der Waals surface area contributed by atoms with Crippen molar-refractivity contribution in [2.45, 2.75) is 30.2 Å². The van der Waals surface area contributed by atoms with Crippen LogP contribution in [0, 0.1) is 11.3 Å². The average molecular weight is 328 g/mol. The molecule has 1 N–H and O–H groups in total. The second-order valence-corrected chi connectivity index (χ2v) is 9.04. The lowest BCUT2D eigenvalue weighted by atomic mass is 10.2. The minimum Gasteiger partial charge on any atom is -0.229 e. The normalized spacial score (nSPS) is 19.0. The minimum atomic E-state index is -3.66. The summed E-state index contributed by atoms with van der Waals surface area (Å²) in [5.41, 5.74) is 0.750. The molecule has 21 heavy (non-hydrogen) atoms. The van der Waals surface area contributed by atoms with Crippen molar-refractivity contribution in [1.82, 2.24) is 4.72 Å². The molecule has 0 atom stereocenters. The number of nitriles is 1. The highest BCUT2D eigenvalue weighted by Crippen LogP contribution is 2.16. The third-order valence-electron chi connectivity index (χ3n) is 3.39. The molecule has 1 aromatic carbocycles. The Morgan fingerprint density at radius 3 is 2.29 bits per heavy atom. The van der Waals surface area contributed by atoms with Crippen LogP contribution in [0.1, 0.15) is 18.4 Å². The molecule has 1 aliphatic rings. The Balaban J connectivity index is 2.07. The average Bonchev–Trinajstić information content (AvgIpc) is 2.42. The molecule has 1 aliphatic heterocycles. The lowest BCUT2D eigenvalue weighted by Gasteiger charge is -2.22. The van der Waals surface area contributed by atoms with Crippen LogP contribution < -0.4 is 4.72 Å². The molecule has 0 amide bonds. The summed E-state index contributed by atoms with van der Waals surface area (Å²) >= 11 is 0. The number of nitrogens with one attached hydrogen (secondary N) is 1. The molecule has 8 heteroatoms. The van der Waals surface area contributed by atoms with E-state index in [-0.39, 0.29) is 28.9 Å². The number of rotatable bonds is 4. The summed E-state index contributed by atoms with van der Waals surface area (Å²) in [6.45, 7) is 0. The first-order valence-electron chi connectivity index (χ1n) is 6.51. The molecule has 0 bridgehead atoms. The molecule has 114 valence electrons. The number of hydrogen-bond donors (Lipinski definition) is 1.